The molecule has 0 saturated carbocycles. The summed E-state index contributed by atoms with van der Waals surface area (Å²) in [5, 5.41) is 0. The predicted molar refractivity (Wildman–Crippen MR) is 56.6 cm³/mol. The summed E-state index contributed by atoms with van der Waals surface area (Å²) in [5.74, 6) is 0.413. The lowest BCUT2D eigenvalue weighted by Gasteiger charge is -1.88. The Bertz CT molecular complexity index is 429. The lowest BCUT2D eigenvalue weighted by molar-refractivity contribution is 0.881. The third kappa shape index (κ3) is 1.69. The second kappa shape index (κ2) is 3.31. The van der Waals surface area contributed by atoms with E-state index >= 15 is 0 Å². The van der Waals surface area contributed by atoms with Gasteiger partial charge in [-0.3, -0.25) is 4.79 Å². The van der Waals surface area contributed by atoms with Crippen LogP contribution in [0.2, 0.25) is 0 Å². The van der Waals surface area contributed by atoms with Crippen LogP contribution in [0.3, 0.4) is 0 Å². The molecule has 0 saturated heterocycles. The maximum Gasteiger partial charge on any atom is 0.256 e. The van der Waals surface area contributed by atoms with E-state index in [0.29, 0.717) is 5.92 Å². The lowest BCUT2D eigenvalue weighted by atomic mass is 10.2. The van der Waals surface area contributed by atoms with Crippen LogP contribution in [0.15, 0.2) is 4.79 Å². The molecule has 0 unspecified atom stereocenters. The zero-order valence-electron chi connectivity index (χ0n) is 7.63. The summed E-state index contributed by atoms with van der Waals surface area (Å²) < 4.78 is 3.20. The molecule has 12 heavy (non-hydrogen) atoms. The van der Waals surface area contributed by atoms with Gasteiger partial charge < -0.3 is 4.48 Å². The van der Waals surface area contributed by atoms with Crippen LogP contribution in [0, 0.1) is 5.92 Å². The van der Waals surface area contributed by atoms with Gasteiger partial charge in [0.25, 0.3) is 5.56 Å². The minimum atomic E-state index is 0.0682. The zero-order valence-corrected chi connectivity index (χ0v) is 8.44. The molecule has 0 aliphatic carbocycles. The molecule has 0 bridgehead atoms. The Balaban J connectivity index is 3.48. The predicted octanol–water partition coefficient (Wildman–Crippen LogP) is -0.847. The highest BCUT2D eigenvalue weighted by atomic mass is 32.1. The maximum atomic E-state index is 11.4. The summed E-state index contributed by atoms with van der Waals surface area (Å²) >= 11 is 1.45. The molecule has 0 radical (unpaired) electrons. The summed E-state index contributed by atoms with van der Waals surface area (Å²) in [7, 11) is 1.75. The third-order valence-corrected chi connectivity index (χ3v) is 2.64. The SMILES string of the molecule is Bn1c(=C)s/c(=C/C(C)C)c1=O. The fourth-order valence-electron chi connectivity index (χ4n) is 0.926. The average Bonchev–Trinajstić information content (AvgIpc) is 2.17. The highest BCUT2D eigenvalue weighted by Crippen LogP contribution is 1.90. The van der Waals surface area contributed by atoms with Crippen molar-refractivity contribution in [3.05, 3.63) is 19.5 Å². The summed E-state index contributed by atoms with van der Waals surface area (Å²) in [6.45, 7) is 7.89. The van der Waals surface area contributed by atoms with Gasteiger partial charge in [-0.05, 0) is 5.92 Å². The normalized spacial score (nSPS) is 12.8. The van der Waals surface area contributed by atoms with E-state index < -0.39 is 0 Å². The van der Waals surface area contributed by atoms with Crippen LogP contribution < -0.4 is 14.8 Å². The summed E-state index contributed by atoms with van der Waals surface area (Å²) in [6.07, 6.45) is 1.97. The van der Waals surface area contributed by atoms with E-state index in [4.69, 9.17) is 0 Å². The van der Waals surface area contributed by atoms with Gasteiger partial charge in [-0.25, -0.2) is 0 Å². The smallest absolute Gasteiger partial charge is 0.256 e. The Morgan fingerprint density at radius 2 is 2.25 bits per heavy atom. The van der Waals surface area contributed by atoms with Crippen LogP contribution in [0.5, 0.6) is 0 Å². The molecular weight excluding hydrogens is 169 g/mol. The number of aromatic nitrogens is 1. The minimum Gasteiger partial charge on any atom is -0.353 e. The first-order chi connectivity index (χ1) is 5.52. The van der Waals surface area contributed by atoms with Gasteiger partial charge in [-0.1, -0.05) is 26.5 Å². The van der Waals surface area contributed by atoms with Crippen molar-refractivity contribution in [2.75, 3.05) is 0 Å². The van der Waals surface area contributed by atoms with E-state index in [9.17, 15) is 4.79 Å². The molecule has 1 aromatic rings. The molecule has 1 heterocycles. The summed E-state index contributed by atoms with van der Waals surface area (Å²) in [5.41, 5.74) is 0.0682. The molecular formula is C8H12BNOS. The molecule has 4 heteroatoms. The molecule has 0 atom stereocenters. The number of rotatable bonds is 1. The zero-order chi connectivity index (χ0) is 9.30. The molecule has 0 aliphatic rings. The van der Waals surface area contributed by atoms with Crippen LogP contribution >= 0.6 is 11.3 Å². The fourth-order valence-corrected chi connectivity index (χ4v) is 1.96. The van der Waals surface area contributed by atoms with Crippen LogP contribution in [-0.4, -0.2) is 12.5 Å². The average molecular weight is 181 g/mol. The van der Waals surface area contributed by atoms with Crippen LogP contribution in [0.1, 0.15) is 13.8 Å². The quantitative estimate of drug-likeness (QED) is 0.517. The van der Waals surface area contributed by atoms with Crippen molar-refractivity contribution in [2.45, 2.75) is 13.8 Å². The van der Waals surface area contributed by atoms with E-state index in [1.807, 2.05) is 6.08 Å². The van der Waals surface area contributed by atoms with Gasteiger partial charge in [0.05, 0.1) is 9.20 Å². The highest BCUT2D eigenvalue weighted by Gasteiger charge is 1.97. The Hall–Kier alpha value is -0.765. The molecule has 1 rings (SSSR count). The molecule has 0 amide bonds. The molecule has 0 spiro atoms. The highest BCUT2D eigenvalue weighted by molar-refractivity contribution is 7.07. The van der Waals surface area contributed by atoms with E-state index in [1.54, 1.807) is 12.5 Å². The van der Waals surface area contributed by atoms with Crippen molar-refractivity contribution >= 4 is 32.0 Å². The molecule has 64 valence electrons. The molecule has 1 aromatic heterocycles. The molecule has 0 aliphatic heterocycles. The summed E-state index contributed by atoms with van der Waals surface area (Å²) in [6, 6.07) is 0. The van der Waals surface area contributed by atoms with Gasteiger partial charge in [-0.15, -0.1) is 11.3 Å². The standard InChI is InChI=1S/C8H12BNOS/c1-5(2)4-7-8(11)10(9)6(3)12-7/h4-5H,3,9H2,1-2H3/b7-4+. The first-order valence-electron chi connectivity index (χ1n) is 3.89. The summed E-state index contributed by atoms with van der Waals surface area (Å²) in [4.78, 5) is 11.4. The van der Waals surface area contributed by atoms with E-state index in [2.05, 4.69) is 20.4 Å². The fraction of sp³-hybridized carbons (Fsp3) is 0.375. The Morgan fingerprint density at radius 1 is 1.67 bits per heavy atom. The van der Waals surface area contributed by atoms with Crippen molar-refractivity contribution in [2.24, 2.45) is 5.92 Å². The van der Waals surface area contributed by atoms with E-state index in [0.717, 1.165) is 9.20 Å². The van der Waals surface area contributed by atoms with Gasteiger partial charge in [0.15, 0.2) is 0 Å². The Kier molecular flexibility index (Phi) is 2.57. The van der Waals surface area contributed by atoms with Crippen molar-refractivity contribution < 1.29 is 0 Å². The van der Waals surface area contributed by atoms with Crippen molar-refractivity contribution in [1.82, 2.24) is 4.48 Å². The number of hydrogen-bond acceptors (Lipinski definition) is 2. The second-order valence-electron chi connectivity index (χ2n) is 3.13. The largest absolute Gasteiger partial charge is 0.353 e. The number of hydrogen-bond donors (Lipinski definition) is 0. The van der Waals surface area contributed by atoms with Gasteiger partial charge >= 0.3 is 0 Å². The first-order valence-corrected chi connectivity index (χ1v) is 4.70. The van der Waals surface area contributed by atoms with Crippen molar-refractivity contribution in [3.63, 3.8) is 0 Å². The Morgan fingerprint density at radius 3 is 2.58 bits per heavy atom. The van der Waals surface area contributed by atoms with Gasteiger partial charge in [0.1, 0.15) is 0 Å². The molecule has 0 aromatic carbocycles. The molecule has 2 nitrogen and oxygen atoms in total. The van der Waals surface area contributed by atoms with Crippen LogP contribution in [-0.2, 0) is 0 Å². The van der Waals surface area contributed by atoms with Gasteiger partial charge in [0, 0.05) is 0 Å². The van der Waals surface area contributed by atoms with Crippen molar-refractivity contribution in [3.8, 4) is 0 Å². The number of thiazole rings is 1. The third-order valence-electron chi connectivity index (χ3n) is 1.60. The van der Waals surface area contributed by atoms with Gasteiger partial charge in [-0.2, -0.15) is 0 Å². The van der Waals surface area contributed by atoms with Gasteiger partial charge in [0.2, 0.25) is 7.98 Å². The Labute approximate surface area is 76.3 Å². The topological polar surface area (TPSA) is 22.0 Å². The molecule has 0 N–H and O–H groups in total. The molecule has 0 fully saturated rings. The van der Waals surface area contributed by atoms with E-state index in [1.165, 1.54) is 11.3 Å². The lowest BCUT2D eigenvalue weighted by Crippen LogP contribution is -2.29. The second-order valence-corrected chi connectivity index (χ2v) is 4.25. The first kappa shape index (κ1) is 9.32. The van der Waals surface area contributed by atoms with Crippen molar-refractivity contribution in [1.29, 1.82) is 0 Å². The van der Waals surface area contributed by atoms with Crippen LogP contribution in [0.4, 0.5) is 0 Å². The number of nitrogens with zero attached hydrogens (tertiary/aromatic N) is 1. The maximum absolute atomic E-state index is 11.4. The van der Waals surface area contributed by atoms with E-state index in [-0.39, 0.29) is 5.56 Å². The minimum absolute atomic E-state index is 0.0682. The van der Waals surface area contributed by atoms with Crippen LogP contribution in [0.25, 0.3) is 12.7 Å². The monoisotopic (exact) mass is 181 g/mol.